The molecule has 10 heteroatoms. The summed E-state index contributed by atoms with van der Waals surface area (Å²) >= 11 is 1.03. The zero-order valence-electron chi connectivity index (χ0n) is 10.6. The molecule has 9 nitrogen and oxygen atoms in total. The SMILES string of the molecule is O=C(O)N1CCN(c2nsnc2N2CCOC2=O)CC1. The molecule has 2 aliphatic rings. The summed E-state index contributed by atoms with van der Waals surface area (Å²) in [6, 6.07) is 0. The van der Waals surface area contributed by atoms with Gasteiger partial charge in [-0.3, -0.25) is 4.90 Å². The predicted octanol–water partition coefficient (Wildman–Crippen LogP) is 0.295. The van der Waals surface area contributed by atoms with Crippen LogP contribution in [-0.2, 0) is 4.74 Å². The van der Waals surface area contributed by atoms with E-state index in [0.29, 0.717) is 51.0 Å². The molecule has 2 saturated heterocycles. The van der Waals surface area contributed by atoms with Crippen molar-refractivity contribution in [3.8, 4) is 0 Å². The summed E-state index contributed by atoms with van der Waals surface area (Å²) in [7, 11) is 0. The number of carbonyl (C=O) groups excluding carboxylic acids is 1. The molecule has 0 aromatic carbocycles. The molecule has 20 heavy (non-hydrogen) atoms. The summed E-state index contributed by atoms with van der Waals surface area (Å²) in [5, 5.41) is 8.93. The first-order valence-electron chi connectivity index (χ1n) is 6.16. The lowest BCUT2D eigenvalue weighted by atomic mass is 10.3. The quantitative estimate of drug-likeness (QED) is 0.838. The van der Waals surface area contributed by atoms with Gasteiger partial charge in [-0.15, -0.1) is 0 Å². The third-order valence-electron chi connectivity index (χ3n) is 3.32. The molecule has 108 valence electrons. The van der Waals surface area contributed by atoms with E-state index in [1.807, 2.05) is 4.90 Å². The van der Waals surface area contributed by atoms with E-state index in [0.717, 1.165) is 11.7 Å². The maximum Gasteiger partial charge on any atom is 0.415 e. The molecule has 0 aliphatic carbocycles. The van der Waals surface area contributed by atoms with E-state index in [9.17, 15) is 9.59 Å². The fourth-order valence-electron chi connectivity index (χ4n) is 2.24. The second-order valence-corrected chi connectivity index (χ2v) is 4.96. The molecule has 0 saturated carbocycles. The van der Waals surface area contributed by atoms with Crippen LogP contribution in [0, 0.1) is 0 Å². The summed E-state index contributed by atoms with van der Waals surface area (Å²) in [6.07, 6.45) is -1.33. The van der Waals surface area contributed by atoms with Gasteiger partial charge in [-0.1, -0.05) is 0 Å². The standard InChI is InChI=1S/C10H13N5O4S/c16-9(17)14-3-1-13(2-4-14)7-8(12-20-11-7)15-5-6-19-10(15)18/h1-6H2,(H,16,17). The van der Waals surface area contributed by atoms with Crippen molar-refractivity contribution >= 4 is 35.6 Å². The zero-order chi connectivity index (χ0) is 14.1. The van der Waals surface area contributed by atoms with E-state index in [4.69, 9.17) is 9.84 Å². The second kappa shape index (κ2) is 5.12. The van der Waals surface area contributed by atoms with Crippen molar-refractivity contribution < 1.29 is 19.4 Å². The van der Waals surface area contributed by atoms with Gasteiger partial charge in [-0.2, -0.15) is 8.75 Å². The van der Waals surface area contributed by atoms with Crippen molar-refractivity contribution in [2.24, 2.45) is 0 Å². The number of rotatable bonds is 2. The van der Waals surface area contributed by atoms with Gasteiger partial charge in [0.15, 0.2) is 11.6 Å². The Kier molecular flexibility index (Phi) is 3.30. The molecule has 0 spiro atoms. The van der Waals surface area contributed by atoms with Gasteiger partial charge in [0.05, 0.1) is 18.3 Å². The normalized spacial score (nSPS) is 19.4. The van der Waals surface area contributed by atoms with Crippen molar-refractivity contribution in [1.29, 1.82) is 0 Å². The number of anilines is 2. The highest BCUT2D eigenvalue weighted by molar-refractivity contribution is 6.99. The molecule has 2 amide bonds. The Balaban J connectivity index is 1.74. The fraction of sp³-hybridized carbons (Fsp3) is 0.600. The Bertz CT molecular complexity index is 527. The van der Waals surface area contributed by atoms with Gasteiger partial charge in [-0.05, 0) is 0 Å². The number of amides is 2. The highest BCUT2D eigenvalue weighted by atomic mass is 32.1. The number of cyclic esters (lactones) is 1. The van der Waals surface area contributed by atoms with E-state index >= 15 is 0 Å². The second-order valence-electron chi connectivity index (χ2n) is 4.43. The van der Waals surface area contributed by atoms with Crippen molar-refractivity contribution in [1.82, 2.24) is 13.6 Å². The van der Waals surface area contributed by atoms with Gasteiger partial charge in [0.25, 0.3) is 0 Å². The van der Waals surface area contributed by atoms with Crippen molar-refractivity contribution in [3.63, 3.8) is 0 Å². The molecule has 1 aromatic heterocycles. The molecule has 0 radical (unpaired) electrons. The highest BCUT2D eigenvalue weighted by Gasteiger charge is 2.32. The lowest BCUT2D eigenvalue weighted by molar-refractivity contribution is 0.142. The molecule has 0 unspecified atom stereocenters. The van der Waals surface area contributed by atoms with Gasteiger partial charge in [0.2, 0.25) is 0 Å². The van der Waals surface area contributed by atoms with Crippen LogP contribution in [-0.4, -0.2) is 70.3 Å². The number of hydrogen-bond acceptors (Lipinski definition) is 7. The van der Waals surface area contributed by atoms with Crippen LogP contribution in [0.2, 0.25) is 0 Å². The zero-order valence-corrected chi connectivity index (χ0v) is 11.4. The topological polar surface area (TPSA) is 99.1 Å². The molecule has 3 rings (SSSR count). The first kappa shape index (κ1) is 12.9. The summed E-state index contributed by atoms with van der Waals surface area (Å²) < 4.78 is 13.3. The van der Waals surface area contributed by atoms with Crippen LogP contribution in [0.3, 0.4) is 0 Å². The van der Waals surface area contributed by atoms with Crippen LogP contribution in [0.4, 0.5) is 21.2 Å². The monoisotopic (exact) mass is 299 g/mol. The number of nitrogens with zero attached hydrogens (tertiary/aromatic N) is 5. The maximum absolute atomic E-state index is 11.6. The van der Waals surface area contributed by atoms with Crippen molar-refractivity contribution in [3.05, 3.63) is 0 Å². The lowest BCUT2D eigenvalue weighted by Gasteiger charge is -2.33. The van der Waals surface area contributed by atoms with Crippen LogP contribution in [0.5, 0.6) is 0 Å². The maximum atomic E-state index is 11.6. The van der Waals surface area contributed by atoms with E-state index in [-0.39, 0.29) is 0 Å². The minimum Gasteiger partial charge on any atom is -0.465 e. The van der Waals surface area contributed by atoms with Crippen LogP contribution >= 0.6 is 11.7 Å². The molecule has 1 aromatic rings. The van der Waals surface area contributed by atoms with Crippen LogP contribution < -0.4 is 9.80 Å². The minimum atomic E-state index is -0.913. The molecule has 2 fully saturated rings. The number of aromatic nitrogens is 2. The number of piperazine rings is 1. The summed E-state index contributed by atoms with van der Waals surface area (Å²) in [4.78, 5) is 27.2. The Hall–Kier alpha value is -2.10. The Morgan fingerprint density at radius 2 is 1.85 bits per heavy atom. The molecular weight excluding hydrogens is 286 g/mol. The minimum absolute atomic E-state index is 0.350. The Labute approximate surface area is 118 Å². The van der Waals surface area contributed by atoms with E-state index in [2.05, 4.69) is 8.75 Å². The molecule has 0 atom stereocenters. The summed E-state index contributed by atoms with van der Waals surface area (Å²) in [5.41, 5.74) is 0. The molecule has 2 aliphatic heterocycles. The Morgan fingerprint density at radius 3 is 2.45 bits per heavy atom. The van der Waals surface area contributed by atoms with E-state index < -0.39 is 12.2 Å². The van der Waals surface area contributed by atoms with Gasteiger partial charge in [0.1, 0.15) is 6.61 Å². The summed E-state index contributed by atoms with van der Waals surface area (Å²) in [5.74, 6) is 1.13. The Morgan fingerprint density at radius 1 is 1.15 bits per heavy atom. The fourth-order valence-corrected chi connectivity index (χ4v) is 2.82. The first-order chi connectivity index (χ1) is 9.66. The summed E-state index contributed by atoms with van der Waals surface area (Å²) in [6.45, 7) is 2.71. The predicted molar refractivity (Wildman–Crippen MR) is 70.4 cm³/mol. The lowest BCUT2D eigenvalue weighted by Crippen LogP contribution is -2.48. The molecule has 3 heterocycles. The van der Waals surface area contributed by atoms with Gasteiger partial charge in [-0.25, -0.2) is 9.59 Å². The largest absolute Gasteiger partial charge is 0.465 e. The average Bonchev–Trinajstić information content (AvgIpc) is 3.07. The highest BCUT2D eigenvalue weighted by Crippen LogP contribution is 2.29. The van der Waals surface area contributed by atoms with E-state index in [1.165, 1.54) is 9.80 Å². The van der Waals surface area contributed by atoms with Gasteiger partial charge < -0.3 is 19.6 Å². The van der Waals surface area contributed by atoms with Crippen LogP contribution in [0.25, 0.3) is 0 Å². The molecule has 1 N–H and O–H groups in total. The van der Waals surface area contributed by atoms with Crippen LogP contribution in [0.1, 0.15) is 0 Å². The number of carboxylic acid groups (broad SMARTS) is 1. The number of ether oxygens (including phenoxy) is 1. The van der Waals surface area contributed by atoms with Gasteiger partial charge in [0, 0.05) is 26.2 Å². The number of carbonyl (C=O) groups is 2. The van der Waals surface area contributed by atoms with Gasteiger partial charge >= 0.3 is 12.2 Å². The average molecular weight is 299 g/mol. The molecular formula is C10H13N5O4S. The smallest absolute Gasteiger partial charge is 0.415 e. The van der Waals surface area contributed by atoms with E-state index in [1.54, 1.807) is 0 Å². The van der Waals surface area contributed by atoms with Crippen molar-refractivity contribution in [2.45, 2.75) is 0 Å². The number of hydrogen-bond donors (Lipinski definition) is 1. The van der Waals surface area contributed by atoms with Crippen molar-refractivity contribution in [2.75, 3.05) is 49.1 Å². The molecule has 0 bridgehead atoms. The first-order valence-corrected chi connectivity index (χ1v) is 6.89. The van der Waals surface area contributed by atoms with Crippen LogP contribution in [0.15, 0.2) is 0 Å². The third kappa shape index (κ3) is 2.22. The third-order valence-corrected chi connectivity index (χ3v) is 3.83.